The number of benzene rings is 2. The monoisotopic (exact) mass is 394 g/mol. The van der Waals surface area contributed by atoms with Gasteiger partial charge in [0, 0.05) is 12.2 Å². The first kappa shape index (κ1) is 18.7. The van der Waals surface area contributed by atoms with Gasteiger partial charge in [-0.1, -0.05) is 29.8 Å². The van der Waals surface area contributed by atoms with Crippen LogP contribution in [0.2, 0.25) is 0 Å². The molecule has 1 fully saturated rings. The maximum absolute atomic E-state index is 12.3. The Balaban J connectivity index is 1.71. The van der Waals surface area contributed by atoms with Crippen LogP contribution in [0.25, 0.3) is 0 Å². The van der Waals surface area contributed by atoms with Crippen molar-refractivity contribution in [2.75, 3.05) is 21.3 Å². The zero-order valence-electron chi connectivity index (χ0n) is 14.6. The molecule has 0 unspecified atom stereocenters. The number of aryl methyl sites for hydroxylation is 1. The van der Waals surface area contributed by atoms with E-state index in [0.29, 0.717) is 29.9 Å². The van der Waals surface area contributed by atoms with Crippen LogP contribution in [0.1, 0.15) is 24.0 Å². The summed E-state index contributed by atoms with van der Waals surface area (Å²) < 4.78 is 52.9. The molecule has 0 atom stereocenters. The number of hydrogen-bond acceptors (Lipinski definition) is 4. The van der Waals surface area contributed by atoms with Gasteiger partial charge < -0.3 is 0 Å². The molecule has 0 spiro atoms. The van der Waals surface area contributed by atoms with Gasteiger partial charge in [-0.05, 0) is 49.6 Å². The Hall–Kier alpha value is -2.06. The molecule has 140 valence electrons. The van der Waals surface area contributed by atoms with E-state index in [4.69, 9.17) is 0 Å². The number of anilines is 2. The molecule has 6 nitrogen and oxygen atoms in total. The van der Waals surface area contributed by atoms with Gasteiger partial charge in [0.1, 0.15) is 0 Å². The Bertz CT molecular complexity index is 967. The van der Waals surface area contributed by atoms with E-state index in [1.807, 2.05) is 19.1 Å². The van der Waals surface area contributed by atoms with Gasteiger partial charge in [0.05, 0.1) is 17.2 Å². The Morgan fingerprint density at radius 1 is 1.00 bits per heavy atom. The number of nitrogens with one attached hydrogen (secondary N) is 1. The van der Waals surface area contributed by atoms with E-state index in [1.165, 1.54) is 4.31 Å². The molecule has 26 heavy (non-hydrogen) atoms. The Labute approximate surface area is 155 Å². The Morgan fingerprint density at radius 3 is 2.27 bits per heavy atom. The predicted octanol–water partition coefficient (Wildman–Crippen LogP) is 2.87. The van der Waals surface area contributed by atoms with E-state index in [0.717, 1.165) is 12.0 Å². The highest BCUT2D eigenvalue weighted by atomic mass is 32.2. The lowest BCUT2D eigenvalue weighted by molar-refractivity contribution is 0.574. The molecule has 1 N–H and O–H groups in total. The van der Waals surface area contributed by atoms with E-state index in [-0.39, 0.29) is 11.5 Å². The second-order valence-electron chi connectivity index (χ2n) is 6.49. The highest BCUT2D eigenvalue weighted by Crippen LogP contribution is 2.25. The zero-order chi connectivity index (χ0) is 18.8. The van der Waals surface area contributed by atoms with Crippen molar-refractivity contribution >= 4 is 31.4 Å². The molecule has 1 aliphatic heterocycles. The number of rotatable bonds is 5. The molecule has 1 saturated heterocycles. The van der Waals surface area contributed by atoms with Crippen LogP contribution in [0.4, 0.5) is 11.4 Å². The Morgan fingerprint density at radius 2 is 1.65 bits per heavy atom. The zero-order valence-corrected chi connectivity index (χ0v) is 16.2. The van der Waals surface area contributed by atoms with Crippen LogP contribution in [-0.4, -0.2) is 29.1 Å². The van der Waals surface area contributed by atoms with Crippen molar-refractivity contribution in [1.82, 2.24) is 0 Å². The normalized spacial score (nSPS) is 17.0. The first-order valence-electron chi connectivity index (χ1n) is 8.42. The van der Waals surface area contributed by atoms with Crippen LogP contribution in [-0.2, 0) is 25.8 Å². The minimum Gasteiger partial charge on any atom is -0.283 e. The van der Waals surface area contributed by atoms with Crippen LogP contribution < -0.4 is 9.03 Å². The van der Waals surface area contributed by atoms with Crippen LogP contribution in [0.15, 0.2) is 48.5 Å². The topological polar surface area (TPSA) is 83.6 Å². The SMILES string of the molecule is Cc1ccc(CS(=O)(=O)Nc2ccc(N3CCCCS3(=O)=O)cc2)cc1. The fourth-order valence-electron chi connectivity index (χ4n) is 2.89. The fraction of sp³-hybridized carbons (Fsp3) is 0.333. The van der Waals surface area contributed by atoms with Gasteiger partial charge in [-0.15, -0.1) is 0 Å². The third-order valence-electron chi connectivity index (χ3n) is 4.26. The molecule has 0 amide bonds. The van der Waals surface area contributed by atoms with Crippen molar-refractivity contribution < 1.29 is 16.8 Å². The summed E-state index contributed by atoms with van der Waals surface area (Å²) in [6, 6.07) is 13.8. The molecule has 8 heteroatoms. The third-order valence-corrected chi connectivity index (χ3v) is 7.38. The van der Waals surface area contributed by atoms with Gasteiger partial charge in [-0.3, -0.25) is 9.03 Å². The summed E-state index contributed by atoms with van der Waals surface area (Å²) in [6.07, 6.45) is 1.50. The summed E-state index contributed by atoms with van der Waals surface area (Å²) in [5, 5.41) is 0. The average Bonchev–Trinajstić information content (AvgIpc) is 2.57. The Kier molecular flexibility index (Phi) is 5.24. The van der Waals surface area contributed by atoms with Crippen LogP contribution in [0.5, 0.6) is 0 Å². The summed E-state index contributed by atoms with van der Waals surface area (Å²) in [5.41, 5.74) is 2.75. The molecule has 0 aromatic heterocycles. The largest absolute Gasteiger partial charge is 0.283 e. The second-order valence-corrected chi connectivity index (χ2v) is 10.2. The second kappa shape index (κ2) is 7.28. The quantitative estimate of drug-likeness (QED) is 0.845. The summed E-state index contributed by atoms with van der Waals surface area (Å²) in [5.74, 6) is 0.0352. The average molecular weight is 395 g/mol. The predicted molar refractivity (Wildman–Crippen MR) is 104 cm³/mol. The van der Waals surface area contributed by atoms with Crippen LogP contribution >= 0.6 is 0 Å². The van der Waals surface area contributed by atoms with E-state index < -0.39 is 20.0 Å². The molecule has 0 aliphatic carbocycles. The molecule has 0 radical (unpaired) electrons. The smallest absolute Gasteiger partial charge is 0.236 e. The van der Waals surface area contributed by atoms with E-state index >= 15 is 0 Å². The first-order chi connectivity index (χ1) is 12.3. The molecule has 1 aliphatic rings. The van der Waals surface area contributed by atoms with Crippen molar-refractivity contribution in [3.63, 3.8) is 0 Å². The minimum atomic E-state index is -3.54. The number of nitrogens with zero attached hydrogens (tertiary/aromatic N) is 1. The molecular weight excluding hydrogens is 372 g/mol. The minimum absolute atomic E-state index is 0.116. The van der Waals surface area contributed by atoms with Crippen molar-refractivity contribution in [2.45, 2.75) is 25.5 Å². The maximum Gasteiger partial charge on any atom is 0.236 e. The van der Waals surface area contributed by atoms with Gasteiger partial charge in [0.2, 0.25) is 20.0 Å². The fourth-order valence-corrected chi connectivity index (χ4v) is 5.73. The van der Waals surface area contributed by atoms with Crippen molar-refractivity contribution in [3.8, 4) is 0 Å². The molecule has 0 saturated carbocycles. The van der Waals surface area contributed by atoms with E-state index in [9.17, 15) is 16.8 Å². The van der Waals surface area contributed by atoms with Crippen LogP contribution in [0.3, 0.4) is 0 Å². The van der Waals surface area contributed by atoms with E-state index in [1.54, 1.807) is 36.4 Å². The van der Waals surface area contributed by atoms with E-state index in [2.05, 4.69) is 4.72 Å². The highest BCUT2D eigenvalue weighted by molar-refractivity contribution is 7.92. The summed E-state index contributed by atoms with van der Waals surface area (Å²) in [7, 11) is -6.82. The number of sulfonamides is 2. The van der Waals surface area contributed by atoms with Gasteiger partial charge in [0.15, 0.2) is 0 Å². The van der Waals surface area contributed by atoms with Gasteiger partial charge >= 0.3 is 0 Å². The molecule has 3 rings (SSSR count). The lowest BCUT2D eigenvalue weighted by Gasteiger charge is -2.28. The standard InChI is InChI=1S/C18H22N2O4S2/c1-15-4-6-16(7-5-15)14-25(21,22)19-17-8-10-18(11-9-17)20-12-2-3-13-26(20,23)24/h4-11,19H,2-3,12-14H2,1H3. The molecule has 0 bridgehead atoms. The lowest BCUT2D eigenvalue weighted by atomic mass is 10.2. The molecule has 2 aromatic rings. The van der Waals surface area contributed by atoms with Gasteiger partial charge in [-0.2, -0.15) is 0 Å². The van der Waals surface area contributed by atoms with Crippen molar-refractivity contribution in [3.05, 3.63) is 59.7 Å². The van der Waals surface area contributed by atoms with Crippen molar-refractivity contribution in [2.24, 2.45) is 0 Å². The maximum atomic E-state index is 12.3. The van der Waals surface area contributed by atoms with Crippen molar-refractivity contribution in [1.29, 1.82) is 0 Å². The first-order valence-corrected chi connectivity index (χ1v) is 11.7. The molecule has 1 heterocycles. The van der Waals surface area contributed by atoms with Gasteiger partial charge in [-0.25, -0.2) is 16.8 Å². The third kappa shape index (κ3) is 4.56. The van der Waals surface area contributed by atoms with Gasteiger partial charge in [0.25, 0.3) is 0 Å². The number of hydrogen-bond donors (Lipinski definition) is 1. The summed E-state index contributed by atoms with van der Waals surface area (Å²) in [6.45, 7) is 2.40. The van der Waals surface area contributed by atoms with Crippen LogP contribution in [0, 0.1) is 6.92 Å². The highest BCUT2D eigenvalue weighted by Gasteiger charge is 2.25. The summed E-state index contributed by atoms with van der Waals surface area (Å²) >= 11 is 0. The summed E-state index contributed by atoms with van der Waals surface area (Å²) in [4.78, 5) is 0. The molecule has 2 aromatic carbocycles. The lowest BCUT2D eigenvalue weighted by Crippen LogP contribution is -2.37. The molecular formula is C18H22N2O4S2.